The molecule has 3 heteroatoms. The van der Waals surface area contributed by atoms with E-state index in [0.717, 1.165) is 18.7 Å². The molecule has 9 heavy (non-hydrogen) atoms. The van der Waals surface area contributed by atoms with Crippen molar-refractivity contribution in [3.8, 4) is 0 Å². The minimum Gasteiger partial charge on any atom is -0.516 e. The zero-order valence-electron chi connectivity index (χ0n) is 5.36. The summed E-state index contributed by atoms with van der Waals surface area (Å²) < 4.78 is 0. The van der Waals surface area contributed by atoms with Crippen LogP contribution in [0.25, 0.3) is 0 Å². The average molecular weight is 146 g/mol. The molecule has 0 aromatic rings. The minimum absolute atomic E-state index is 0.420. The fraction of sp³-hybridized carbons (Fsp3) is 0.333. The molecule has 0 amide bonds. The van der Waals surface area contributed by atoms with Crippen LogP contribution in [0.4, 0.5) is 0 Å². The van der Waals surface area contributed by atoms with E-state index in [4.69, 9.17) is 10.2 Å². The van der Waals surface area contributed by atoms with E-state index in [2.05, 4.69) is 0 Å². The molecule has 0 radical (unpaired) electrons. The van der Waals surface area contributed by atoms with Crippen LogP contribution in [0.15, 0.2) is 24.2 Å². The van der Waals surface area contributed by atoms with Gasteiger partial charge in [0.05, 0.1) is 12.5 Å². The van der Waals surface area contributed by atoms with Crippen LogP contribution in [0.5, 0.6) is 0 Å². The first kappa shape index (κ1) is 8.51. The molecule has 0 unspecified atom stereocenters. The third-order valence-electron chi connectivity index (χ3n) is 0.881. The quantitative estimate of drug-likeness (QED) is 0.474. The highest BCUT2D eigenvalue weighted by Gasteiger charge is 1.91. The zero-order chi connectivity index (χ0) is 7.11. The lowest BCUT2D eigenvalue weighted by Gasteiger charge is -1.99. The Morgan fingerprint density at radius 2 is 1.67 bits per heavy atom. The Morgan fingerprint density at radius 1 is 1.22 bits per heavy atom. The van der Waals surface area contributed by atoms with Crippen molar-refractivity contribution in [1.82, 2.24) is 0 Å². The number of aliphatic hydroxyl groups excluding tert-OH is 2. The number of rotatable bonds is 3. The Kier molecular flexibility index (Phi) is 5.34. The summed E-state index contributed by atoms with van der Waals surface area (Å²) in [5, 5.41) is 16.6. The lowest BCUT2D eigenvalue weighted by atomic mass is 11.0. The number of hydrogen-bond donors (Lipinski definition) is 2. The maximum atomic E-state index is 8.31. The van der Waals surface area contributed by atoms with Crippen LogP contribution in [-0.4, -0.2) is 16.4 Å². The summed E-state index contributed by atoms with van der Waals surface area (Å²) in [7, 11) is -0.420. The summed E-state index contributed by atoms with van der Waals surface area (Å²) in [5.74, 6) is 3.37. The van der Waals surface area contributed by atoms with Crippen LogP contribution in [-0.2, 0) is 0 Å². The molecule has 0 aliphatic carbocycles. The van der Waals surface area contributed by atoms with E-state index in [0.29, 0.717) is 0 Å². The smallest absolute Gasteiger partial charge is 0.0799 e. The first-order chi connectivity index (χ1) is 4.35. The molecule has 2 N–H and O–H groups in total. The largest absolute Gasteiger partial charge is 0.516 e. The standard InChI is InChI=1S/C6H11O2P/c1-2-9(5-3-7)6-4-8/h3-8H,2H2,1H3/b5-3+,6-4+. The van der Waals surface area contributed by atoms with Gasteiger partial charge in [-0.2, -0.15) is 0 Å². The van der Waals surface area contributed by atoms with Crippen molar-refractivity contribution in [3.63, 3.8) is 0 Å². The molecule has 0 rings (SSSR count). The average Bonchev–Trinajstić information content (AvgIpc) is 1.88. The predicted octanol–water partition coefficient (Wildman–Crippen LogP) is 2.55. The van der Waals surface area contributed by atoms with E-state index >= 15 is 0 Å². The third-order valence-corrected chi connectivity index (χ3v) is 2.64. The second kappa shape index (κ2) is 5.64. The first-order valence-corrected chi connectivity index (χ1v) is 4.39. The van der Waals surface area contributed by atoms with E-state index in [1.807, 2.05) is 6.92 Å². The molecule has 0 spiro atoms. The molecule has 0 aliphatic rings. The molecular weight excluding hydrogens is 135 g/mol. The van der Waals surface area contributed by atoms with Gasteiger partial charge < -0.3 is 10.2 Å². The van der Waals surface area contributed by atoms with Gasteiger partial charge in [-0.15, -0.1) is 0 Å². The molecule has 0 saturated carbocycles. The molecule has 0 saturated heterocycles. The summed E-state index contributed by atoms with van der Waals surface area (Å²) in [6, 6.07) is 0. The molecule has 0 aromatic heterocycles. The molecule has 52 valence electrons. The monoisotopic (exact) mass is 146 g/mol. The van der Waals surface area contributed by atoms with Gasteiger partial charge >= 0.3 is 0 Å². The Labute approximate surface area is 56.3 Å². The third kappa shape index (κ3) is 4.04. The zero-order valence-corrected chi connectivity index (χ0v) is 6.25. The van der Waals surface area contributed by atoms with Crippen molar-refractivity contribution >= 4 is 7.92 Å². The van der Waals surface area contributed by atoms with Crippen LogP contribution in [0.1, 0.15) is 6.92 Å². The Bertz CT molecular complexity index is 97.6. The van der Waals surface area contributed by atoms with E-state index in [1.165, 1.54) is 0 Å². The van der Waals surface area contributed by atoms with Gasteiger partial charge in [-0.25, -0.2) is 0 Å². The SMILES string of the molecule is CCP(/C=C/O)/C=C/O. The fourth-order valence-electron chi connectivity index (χ4n) is 0.432. The van der Waals surface area contributed by atoms with E-state index < -0.39 is 7.92 Å². The molecule has 0 fully saturated rings. The van der Waals surface area contributed by atoms with Gasteiger partial charge in [0.2, 0.25) is 0 Å². The summed E-state index contributed by atoms with van der Waals surface area (Å²) in [6.45, 7) is 2.01. The van der Waals surface area contributed by atoms with E-state index in [9.17, 15) is 0 Å². The lowest BCUT2D eigenvalue weighted by Crippen LogP contribution is -1.67. The Hall–Kier alpha value is -0.490. The highest BCUT2D eigenvalue weighted by atomic mass is 31.1. The molecule has 0 aromatic carbocycles. The van der Waals surface area contributed by atoms with Crippen LogP contribution in [0.2, 0.25) is 0 Å². The predicted molar refractivity (Wildman–Crippen MR) is 41.0 cm³/mol. The maximum Gasteiger partial charge on any atom is 0.0799 e. The molecule has 0 atom stereocenters. The van der Waals surface area contributed by atoms with Crippen molar-refractivity contribution in [3.05, 3.63) is 24.2 Å². The fourth-order valence-corrected chi connectivity index (χ4v) is 1.30. The van der Waals surface area contributed by atoms with Crippen LogP contribution < -0.4 is 0 Å². The van der Waals surface area contributed by atoms with Gasteiger partial charge in [0.25, 0.3) is 0 Å². The van der Waals surface area contributed by atoms with Gasteiger partial charge in [0, 0.05) is 0 Å². The minimum atomic E-state index is -0.420. The van der Waals surface area contributed by atoms with Crippen molar-refractivity contribution in [2.24, 2.45) is 0 Å². The lowest BCUT2D eigenvalue weighted by molar-refractivity contribution is 0.474. The molecular formula is C6H11O2P. The number of aliphatic hydroxyl groups is 2. The second-order valence-corrected chi connectivity index (χ2v) is 3.68. The van der Waals surface area contributed by atoms with Crippen molar-refractivity contribution in [2.75, 3.05) is 6.16 Å². The second-order valence-electron chi connectivity index (χ2n) is 1.43. The van der Waals surface area contributed by atoms with Crippen molar-refractivity contribution in [2.45, 2.75) is 6.92 Å². The van der Waals surface area contributed by atoms with Gasteiger partial charge in [-0.3, -0.25) is 0 Å². The summed E-state index contributed by atoms with van der Waals surface area (Å²) in [6.07, 6.45) is 2.99. The van der Waals surface area contributed by atoms with Crippen molar-refractivity contribution in [1.29, 1.82) is 0 Å². The van der Waals surface area contributed by atoms with E-state index in [-0.39, 0.29) is 0 Å². The highest BCUT2D eigenvalue weighted by molar-refractivity contribution is 7.63. The highest BCUT2D eigenvalue weighted by Crippen LogP contribution is 2.37. The van der Waals surface area contributed by atoms with Crippen LogP contribution >= 0.6 is 7.92 Å². The topological polar surface area (TPSA) is 40.5 Å². The number of hydrogen-bond acceptors (Lipinski definition) is 2. The van der Waals surface area contributed by atoms with Gasteiger partial charge in [0.1, 0.15) is 0 Å². The molecule has 0 heterocycles. The molecule has 2 nitrogen and oxygen atoms in total. The summed E-state index contributed by atoms with van der Waals surface area (Å²) in [4.78, 5) is 0. The van der Waals surface area contributed by atoms with Crippen LogP contribution in [0.3, 0.4) is 0 Å². The summed E-state index contributed by atoms with van der Waals surface area (Å²) in [5.41, 5.74) is 0. The summed E-state index contributed by atoms with van der Waals surface area (Å²) >= 11 is 0. The van der Waals surface area contributed by atoms with Crippen molar-refractivity contribution < 1.29 is 10.2 Å². The first-order valence-electron chi connectivity index (χ1n) is 2.72. The van der Waals surface area contributed by atoms with Gasteiger partial charge in [-0.1, -0.05) is 14.8 Å². The van der Waals surface area contributed by atoms with E-state index in [1.54, 1.807) is 11.6 Å². The van der Waals surface area contributed by atoms with Crippen LogP contribution in [0, 0.1) is 0 Å². The normalized spacial score (nSPS) is 12.2. The molecule has 0 aliphatic heterocycles. The Balaban J connectivity index is 3.68. The molecule has 0 bridgehead atoms. The van der Waals surface area contributed by atoms with Gasteiger partial charge in [0.15, 0.2) is 0 Å². The maximum absolute atomic E-state index is 8.31. The van der Waals surface area contributed by atoms with Gasteiger partial charge in [-0.05, 0) is 17.8 Å². The Morgan fingerprint density at radius 3 is 1.89 bits per heavy atom.